The minimum absolute atomic E-state index is 0.0603. The van der Waals surface area contributed by atoms with Crippen molar-refractivity contribution in [2.45, 2.75) is 19.4 Å². The highest BCUT2D eigenvalue weighted by Gasteiger charge is 2.20. The maximum absolute atomic E-state index is 5.59. The van der Waals surface area contributed by atoms with Gasteiger partial charge in [0.25, 0.3) is 0 Å². The number of hydrogen-bond donors (Lipinski definition) is 2. The van der Waals surface area contributed by atoms with E-state index in [2.05, 4.69) is 36.7 Å². The molecule has 0 aliphatic rings. The van der Waals surface area contributed by atoms with Gasteiger partial charge in [0.15, 0.2) is 4.60 Å². The SMILES string of the molecule is Cc1csc(CC(NN)c2c(Br)nnn2C)n1. The number of rotatable bonds is 4. The molecule has 1 atom stereocenters. The number of nitrogens with zero attached hydrogens (tertiary/aromatic N) is 4. The molecule has 0 aliphatic heterocycles. The molecule has 17 heavy (non-hydrogen) atoms. The zero-order chi connectivity index (χ0) is 12.4. The van der Waals surface area contributed by atoms with Gasteiger partial charge in [-0.05, 0) is 22.9 Å². The summed E-state index contributed by atoms with van der Waals surface area (Å²) >= 11 is 5.00. The van der Waals surface area contributed by atoms with E-state index < -0.39 is 0 Å². The standard InChI is InChI=1S/C9H13BrN6S/c1-5-4-17-7(12-5)3-6(13-11)8-9(10)14-15-16(8)2/h4,6,13H,3,11H2,1-2H3. The first kappa shape index (κ1) is 12.6. The number of nitrogens with one attached hydrogen (secondary N) is 1. The maximum Gasteiger partial charge on any atom is 0.153 e. The van der Waals surface area contributed by atoms with Crippen LogP contribution in [0, 0.1) is 6.92 Å². The summed E-state index contributed by atoms with van der Waals surface area (Å²) in [5, 5.41) is 11.0. The fourth-order valence-electron chi connectivity index (χ4n) is 1.61. The molecule has 0 aliphatic carbocycles. The minimum atomic E-state index is -0.0603. The van der Waals surface area contributed by atoms with Crippen molar-refractivity contribution in [3.05, 3.63) is 26.4 Å². The quantitative estimate of drug-likeness (QED) is 0.652. The van der Waals surface area contributed by atoms with E-state index in [-0.39, 0.29) is 6.04 Å². The molecule has 2 aromatic heterocycles. The van der Waals surface area contributed by atoms with E-state index in [9.17, 15) is 0 Å². The van der Waals surface area contributed by atoms with Gasteiger partial charge in [-0.15, -0.1) is 16.4 Å². The molecule has 0 radical (unpaired) electrons. The molecule has 1 unspecified atom stereocenters. The number of hydrogen-bond acceptors (Lipinski definition) is 6. The van der Waals surface area contributed by atoms with E-state index in [0.717, 1.165) is 22.8 Å². The van der Waals surface area contributed by atoms with Gasteiger partial charge in [-0.2, -0.15) is 0 Å². The van der Waals surface area contributed by atoms with E-state index in [1.54, 1.807) is 16.0 Å². The highest BCUT2D eigenvalue weighted by Crippen LogP contribution is 2.24. The number of halogens is 1. The predicted octanol–water partition coefficient (Wildman–Crippen LogP) is 1.09. The molecule has 0 spiro atoms. The Morgan fingerprint density at radius 2 is 2.41 bits per heavy atom. The van der Waals surface area contributed by atoms with Crippen molar-refractivity contribution in [1.29, 1.82) is 0 Å². The third-order valence-corrected chi connectivity index (χ3v) is 3.96. The summed E-state index contributed by atoms with van der Waals surface area (Å²) in [6, 6.07) is -0.0603. The van der Waals surface area contributed by atoms with Crippen molar-refractivity contribution in [2.75, 3.05) is 0 Å². The van der Waals surface area contributed by atoms with Gasteiger partial charge in [-0.3, -0.25) is 11.3 Å². The van der Waals surface area contributed by atoms with Crippen LogP contribution in [0.25, 0.3) is 0 Å². The first-order valence-corrected chi connectivity index (χ1v) is 6.71. The average molecular weight is 317 g/mol. The van der Waals surface area contributed by atoms with Crippen molar-refractivity contribution in [2.24, 2.45) is 12.9 Å². The molecule has 6 nitrogen and oxygen atoms in total. The van der Waals surface area contributed by atoms with Crippen molar-refractivity contribution >= 4 is 27.3 Å². The number of hydrazine groups is 1. The van der Waals surface area contributed by atoms with Crippen LogP contribution < -0.4 is 11.3 Å². The van der Waals surface area contributed by atoms with Gasteiger partial charge in [0, 0.05) is 24.5 Å². The smallest absolute Gasteiger partial charge is 0.153 e. The van der Waals surface area contributed by atoms with E-state index in [1.807, 2.05) is 19.4 Å². The highest BCUT2D eigenvalue weighted by molar-refractivity contribution is 9.10. The lowest BCUT2D eigenvalue weighted by Crippen LogP contribution is -2.31. The Morgan fingerprint density at radius 1 is 1.65 bits per heavy atom. The summed E-state index contributed by atoms with van der Waals surface area (Å²) in [6.45, 7) is 1.98. The van der Waals surface area contributed by atoms with Crippen molar-refractivity contribution in [3.63, 3.8) is 0 Å². The number of aryl methyl sites for hydroxylation is 2. The summed E-state index contributed by atoms with van der Waals surface area (Å²) in [5.74, 6) is 5.59. The second kappa shape index (κ2) is 5.21. The van der Waals surface area contributed by atoms with Gasteiger partial charge < -0.3 is 0 Å². The first-order chi connectivity index (χ1) is 8.11. The Morgan fingerprint density at radius 3 is 2.88 bits per heavy atom. The number of aromatic nitrogens is 4. The Balaban J connectivity index is 2.22. The molecule has 2 heterocycles. The van der Waals surface area contributed by atoms with Gasteiger partial charge in [0.05, 0.1) is 16.7 Å². The largest absolute Gasteiger partial charge is 0.271 e. The average Bonchev–Trinajstić information content (AvgIpc) is 2.84. The molecule has 0 bridgehead atoms. The van der Waals surface area contributed by atoms with Crippen molar-refractivity contribution < 1.29 is 0 Å². The van der Waals surface area contributed by atoms with Crippen LogP contribution in [-0.2, 0) is 13.5 Å². The van der Waals surface area contributed by atoms with Crippen molar-refractivity contribution in [1.82, 2.24) is 25.4 Å². The summed E-state index contributed by atoms with van der Waals surface area (Å²) in [4.78, 5) is 4.43. The molecular weight excluding hydrogens is 304 g/mol. The van der Waals surface area contributed by atoms with Crippen LogP contribution in [0.1, 0.15) is 22.4 Å². The summed E-state index contributed by atoms with van der Waals surface area (Å²) in [5.41, 5.74) is 4.73. The van der Waals surface area contributed by atoms with Gasteiger partial charge in [-0.1, -0.05) is 5.21 Å². The Labute approximate surface area is 111 Å². The maximum atomic E-state index is 5.59. The normalized spacial score (nSPS) is 12.9. The zero-order valence-corrected chi connectivity index (χ0v) is 11.9. The summed E-state index contributed by atoms with van der Waals surface area (Å²) in [6.07, 6.45) is 0.717. The third kappa shape index (κ3) is 2.71. The van der Waals surface area contributed by atoms with E-state index in [1.165, 1.54) is 0 Å². The van der Waals surface area contributed by atoms with Crippen molar-refractivity contribution in [3.8, 4) is 0 Å². The Hall–Kier alpha value is -0.830. The van der Waals surface area contributed by atoms with Crippen LogP contribution in [0.2, 0.25) is 0 Å². The van der Waals surface area contributed by atoms with Gasteiger partial charge in [-0.25, -0.2) is 9.67 Å². The number of thiazole rings is 1. The van der Waals surface area contributed by atoms with E-state index in [0.29, 0.717) is 4.60 Å². The lowest BCUT2D eigenvalue weighted by molar-refractivity contribution is 0.504. The second-order valence-corrected chi connectivity index (χ2v) is 5.39. The molecule has 2 rings (SSSR count). The van der Waals surface area contributed by atoms with Crippen LogP contribution in [0.4, 0.5) is 0 Å². The highest BCUT2D eigenvalue weighted by atomic mass is 79.9. The van der Waals surface area contributed by atoms with Gasteiger partial charge in [0.1, 0.15) is 0 Å². The van der Waals surface area contributed by atoms with Gasteiger partial charge in [0.2, 0.25) is 0 Å². The lowest BCUT2D eigenvalue weighted by Gasteiger charge is -2.14. The van der Waals surface area contributed by atoms with Crippen LogP contribution in [0.3, 0.4) is 0 Å². The van der Waals surface area contributed by atoms with Crippen LogP contribution >= 0.6 is 27.3 Å². The van der Waals surface area contributed by atoms with Crippen LogP contribution in [0.15, 0.2) is 9.98 Å². The summed E-state index contributed by atoms with van der Waals surface area (Å²) in [7, 11) is 1.84. The Kier molecular flexibility index (Phi) is 3.87. The molecule has 8 heteroatoms. The zero-order valence-electron chi connectivity index (χ0n) is 9.51. The molecule has 3 N–H and O–H groups in total. The summed E-state index contributed by atoms with van der Waals surface area (Å²) < 4.78 is 2.41. The third-order valence-electron chi connectivity index (χ3n) is 2.40. The fourth-order valence-corrected chi connectivity index (χ4v) is 3.04. The molecule has 0 saturated carbocycles. The lowest BCUT2D eigenvalue weighted by atomic mass is 10.1. The Bertz CT molecular complexity index is 488. The molecule has 0 fully saturated rings. The molecule has 0 amide bonds. The van der Waals surface area contributed by atoms with Crippen LogP contribution in [0.5, 0.6) is 0 Å². The van der Waals surface area contributed by atoms with Crippen LogP contribution in [-0.4, -0.2) is 20.0 Å². The molecule has 0 saturated heterocycles. The fraction of sp³-hybridized carbons (Fsp3) is 0.444. The minimum Gasteiger partial charge on any atom is -0.271 e. The molecule has 2 aromatic rings. The van der Waals surface area contributed by atoms with E-state index >= 15 is 0 Å². The topological polar surface area (TPSA) is 81.6 Å². The monoisotopic (exact) mass is 316 g/mol. The second-order valence-electron chi connectivity index (χ2n) is 3.70. The number of nitrogens with two attached hydrogens (primary N) is 1. The molecule has 0 aromatic carbocycles. The molecular formula is C9H13BrN6S. The first-order valence-electron chi connectivity index (χ1n) is 5.04. The van der Waals surface area contributed by atoms with E-state index in [4.69, 9.17) is 5.84 Å². The predicted molar refractivity (Wildman–Crippen MR) is 69.3 cm³/mol. The molecule has 92 valence electrons. The van der Waals surface area contributed by atoms with Gasteiger partial charge >= 0.3 is 0 Å².